The van der Waals surface area contributed by atoms with Crippen LogP contribution in [-0.4, -0.2) is 29.1 Å². The van der Waals surface area contributed by atoms with Crippen molar-refractivity contribution >= 4 is 5.95 Å². The zero-order valence-corrected chi connectivity index (χ0v) is 12.0. The third-order valence-corrected chi connectivity index (χ3v) is 4.47. The average molecular weight is 260 g/mol. The van der Waals surface area contributed by atoms with E-state index in [1.54, 1.807) is 0 Å². The zero-order chi connectivity index (χ0) is 13.5. The minimum Gasteiger partial charge on any atom is -0.341 e. The van der Waals surface area contributed by atoms with Gasteiger partial charge in [0, 0.05) is 31.0 Å². The molecular formula is C15H24N4. The molecular weight excluding hydrogens is 236 g/mol. The van der Waals surface area contributed by atoms with Crippen molar-refractivity contribution in [3.05, 3.63) is 17.5 Å². The summed E-state index contributed by atoms with van der Waals surface area (Å²) in [6, 6.07) is 0.356. The minimum atomic E-state index is 0.356. The summed E-state index contributed by atoms with van der Waals surface area (Å²) >= 11 is 0. The second kappa shape index (κ2) is 4.75. The molecule has 1 aromatic rings. The van der Waals surface area contributed by atoms with Gasteiger partial charge in [0.25, 0.3) is 0 Å². The van der Waals surface area contributed by atoms with Crippen LogP contribution in [0.1, 0.15) is 44.4 Å². The Kier molecular flexibility index (Phi) is 3.21. The number of fused-ring (bicyclic) bond motifs is 1. The number of hydrogen-bond donors (Lipinski definition) is 1. The SMILES string of the molecule is CC1(C)CCc2nc(N3CCC(N)CC3)ncc2C1. The lowest BCUT2D eigenvalue weighted by Crippen LogP contribution is -2.40. The van der Waals surface area contributed by atoms with Crippen LogP contribution in [0.3, 0.4) is 0 Å². The number of hydrogen-bond acceptors (Lipinski definition) is 4. The maximum Gasteiger partial charge on any atom is 0.225 e. The Morgan fingerprint density at radius 3 is 2.79 bits per heavy atom. The first-order chi connectivity index (χ1) is 9.03. The number of piperidine rings is 1. The second-order valence-corrected chi connectivity index (χ2v) is 6.81. The first-order valence-electron chi connectivity index (χ1n) is 7.39. The standard InChI is InChI=1S/C15H24N4/c1-15(2)6-3-13-11(9-15)10-17-14(18-13)19-7-4-12(16)5-8-19/h10,12H,3-9,16H2,1-2H3. The van der Waals surface area contributed by atoms with E-state index in [1.165, 1.54) is 17.7 Å². The third-order valence-electron chi connectivity index (χ3n) is 4.47. The molecule has 0 atom stereocenters. The molecule has 3 rings (SSSR count). The molecule has 1 fully saturated rings. The van der Waals surface area contributed by atoms with Gasteiger partial charge in [-0.25, -0.2) is 9.97 Å². The van der Waals surface area contributed by atoms with Gasteiger partial charge in [-0.1, -0.05) is 13.8 Å². The van der Waals surface area contributed by atoms with Crippen LogP contribution in [0.15, 0.2) is 6.20 Å². The van der Waals surface area contributed by atoms with Crippen LogP contribution in [0.4, 0.5) is 5.95 Å². The van der Waals surface area contributed by atoms with E-state index < -0.39 is 0 Å². The Bertz CT molecular complexity index is 461. The molecule has 0 amide bonds. The van der Waals surface area contributed by atoms with E-state index in [4.69, 9.17) is 10.7 Å². The quantitative estimate of drug-likeness (QED) is 0.838. The highest BCUT2D eigenvalue weighted by Gasteiger charge is 2.27. The molecule has 4 nitrogen and oxygen atoms in total. The Hall–Kier alpha value is -1.16. The van der Waals surface area contributed by atoms with Crippen LogP contribution in [0, 0.1) is 5.41 Å². The number of nitrogens with zero attached hydrogens (tertiary/aromatic N) is 3. The summed E-state index contributed by atoms with van der Waals surface area (Å²) in [6.45, 7) is 6.64. The highest BCUT2D eigenvalue weighted by atomic mass is 15.3. The molecule has 1 saturated heterocycles. The van der Waals surface area contributed by atoms with Gasteiger partial charge in [0.15, 0.2) is 0 Å². The van der Waals surface area contributed by atoms with E-state index in [0.29, 0.717) is 11.5 Å². The number of aryl methyl sites for hydroxylation is 1. The minimum absolute atomic E-state index is 0.356. The van der Waals surface area contributed by atoms with Crippen molar-refractivity contribution < 1.29 is 0 Å². The maximum atomic E-state index is 5.95. The van der Waals surface area contributed by atoms with Crippen LogP contribution in [0.5, 0.6) is 0 Å². The van der Waals surface area contributed by atoms with Crippen LogP contribution >= 0.6 is 0 Å². The van der Waals surface area contributed by atoms with Gasteiger partial charge in [-0.2, -0.15) is 0 Å². The molecule has 0 saturated carbocycles. The van der Waals surface area contributed by atoms with Gasteiger partial charge in [-0.05, 0) is 43.1 Å². The normalized spacial score (nSPS) is 23.2. The number of nitrogens with two attached hydrogens (primary N) is 1. The van der Waals surface area contributed by atoms with E-state index in [2.05, 4.69) is 23.7 Å². The van der Waals surface area contributed by atoms with E-state index in [1.807, 2.05) is 6.20 Å². The fraction of sp³-hybridized carbons (Fsp3) is 0.733. The highest BCUT2D eigenvalue weighted by Crippen LogP contribution is 2.34. The summed E-state index contributed by atoms with van der Waals surface area (Å²) in [5.41, 5.74) is 8.95. The van der Waals surface area contributed by atoms with Crippen molar-refractivity contribution in [3.63, 3.8) is 0 Å². The molecule has 2 aliphatic rings. The monoisotopic (exact) mass is 260 g/mol. The summed E-state index contributed by atoms with van der Waals surface area (Å²) in [7, 11) is 0. The summed E-state index contributed by atoms with van der Waals surface area (Å²) < 4.78 is 0. The molecule has 2 N–H and O–H groups in total. The summed E-state index contributed by atoms with van der Waals surface area (Å²) in [4.78, 5) is 11.7. The van der Waals surface area contributed by atoms with Gasteiger partial charge in [-0.3, -0.25) is 0 Å². The summed E-state index contributed by atoms with van der Waals surface area (Å²) in [5, 5.41) is 0. The topological polar surface area (TPSA) is 55.0 Å². The van der Waals surface area contributed by atoms with Crippen LogP contribution < -0.4 is 10.6 Å². The predicted molar refractivity (Wildman–Crippen MR) is 77.3 cm³/mol. The maximum absolute atomic E-state index is 5.95. The fourth-order valence-corrected chi connectivity index (χ4v) is 3.11. The fourth-order valence-electron chi connectivity index (χ4n) is 3.11. The first kappa shape index (κ1) is 12.9. The van der Waals surface area contributed by atoms with Gasteiger partial charge in [0.05, 0.1) is 0 Å². The van der Waals surface area contributed by atoms with Crippen molar-refractivity contribution in [2.75, 3.05) is 18.0 Å². The summed E-state index contributed by atoms with van der Waals surface area (Å²) in [5.74, 6) is 0.908. The largest absolute Gasteiger partial charge is 0.341 e. The molecule has 0 radical (unpaired) electrons. The molecule has 19 heavy (non-hydrogen) atoms. The van der Waals surface area contributed by atoms with Gasteiger partial charge in [0.1, 0.15) is 0 Å². The molecule has 2 heterocycles. The summed E-state index contributed by atoms with van der Waals surface area (Å²) in [6.07, 6.45) is 7.56. The lowest BCUT2D eigenvalue weighted by molar-refractivity contribution is 0.311. The lowest BCUT2D eigenvalue weighted by atomic mass is 9.76. The Morgan fingerprint density at radius 1 is 1.32 bits per heavy atom. The average Bonchev–Trinajstić information content (AvgIpc) is 2.38. The third kappa shape index (κ3) is 2.73. The van der Waals surface area contributed by atoms with Crippen LogP contribution in [0.25, 0.3) is 0 Å². The molecule has 1 aromatic heterocycles. The Labute approximate surface area is 115 Å². The number of aromatic nitrogens is 2. The van der Waals surface area contributed by atoms with Crippen molar-refractivity contribution in [2.24, 2.45) is 11.1 Å². The Morgan fingerprint density at radius 2 is 2.05 bits per heavy atom. The molecule has 0 aromatic carbocycles. The van der Waals surface area contributed by atoms with Gasteiger partial charge < -0.3 is 10.6 Å². The molecule has 104 valence electrons. The number of anilines is 1. The van der Waals surface area contributed by atoms with E-state index in [-0.39, 0.29) is 0 Å². The highest BCUT2D eigenvalue weighted by molar-refractivity contribution is 5.35. The van der Waals surface area contributed by atoms with E-state index in [9.17, 15) is 0 Å². The van der Waals surface area contributed by atoms with Crippen molar-refractivity contribution in [1.29, 1.82) is 0 Å². The molecule has 0 unspecified atom stereocenters. The molecule has 0 spiro atoms. The van der Waals surface area contributed by atoms with Crippen LogP contribution in [0.2, 0.25) is 0 Å². The van der Waals surface area contributed by atoms with E-state index >= 15 is 0 Å². The smallest absolute Gasteiger partial charge is 0.225 e. The molecule has 4 heteroatoms. The first-order valence-corrected chi connectivity index (χ1v) is 7.39. The van der Waals surface area contributed by atoms with Gasteiger partial charge in [-0.15, -0.1) is 0 Å². The second-order valence-electron chi connectivity index (χ2n) is 6.81. The molecule has 0 bridgehead atoms. The van der Waals surface area contributed by atoms with Gasteiger partial charge in [0.2, 0.25) is 5.95 Å². The van der Waals surface area contributed by atoms with Gasteiger partial charge >= 0.3 is 0 Å². The molecule has 1 aliphatic heterocycles. The van der Waals surface area contributed by atoms with E-state index in [0.717, 1.165) is 44.7 Å². The number of rotatable bonds is 1. The Balaban J connectivity index is 1.79. The molecule has 1 aliphatic carbocycles. The zero-order valence-electron chi connectivity index (χ0n) is 12.0. The van der Waals surface area contributed by atoms with Crippen molar-refractivity contribution in [2.45, 2.75) is 52.0 Å². The lowest BCUT2D eigenvalue weighted by Gasteiger charge is -2.33. The van der Waals surface area contributed by atoms with Crippen molar-refractivity contribution in [3.8, 4) is 0 Å². The van der Waals surface area contributed by atoms with Crippen LogP contribution in [-0.2, 0) is 12.8 Å². The predicted octanol–water partition coefficient (Wildman–Crippen LogP) is 1.92. The van der Waals surface area contributed by atoms with Crippen molar-refractivity contribution in [1.82, 2.24) is 9.97 Å².